The molecule has 3 heteroatoms. The van der Waals surface area contributed by atoms with Crippen LogP contribution in [-0.4, -0.2) is 10.8 Å². The number of carbonyl (C=O) groups is 1. The predicted octanol–water partition coefficient (Wildman–Crippen LogP) is 2.94. The van der Waals surface area contributed by atoms with Crippen LogP contribution >= 0.6 is 0 Å². The molecule has 0 aliphatic carbocycles. The molecule has 0 aliphatic rings. The minimum absolute atomic E-state index is 0.0910. The number of pyridine rings is 1. The van der Waals surface area contributed by atoms with Gasteiger partial charge >= 0.3 is 0 Å². The number of rotatable bonds is 3. The number of nitrogens with zero attached hydrogens (tertiary/aromatic N) is 1. The van der Waals surface area contributed by atoms with Crippen molar-refractivity contribution in [2.45, 2.75) is 33.1 Å². The van der Waals surface area contributed by atoms with Gasteiger partial charge in [-0.1, -0.05) is 26.8 Å². The minimum atomic E-state index is -0.528. The Bertz CT molecular complexity index is 347. The van der Waals surface area contributed by atoms with Crippen molar-refractivity contribution >= 4 is 5.78 Å². The highest BCUT2D eigenvalue weighted by Crippen LogP contribution is 2.17. The van der Waals surface area contributed by atoms with Crippen molar-refractivity contribution in [3.05, 3.63) is 29.3 Å². The van der Waals surface area contributed by atoms with Crippen LogP contribution < -0.4 is 0 Å². The van der Waals surface area contributed by atoms with Gasteiger partial charge in [0.1, 0.15) is 5.69 Å². The first kappa shape index (κ1) is 10.8. The van der Waals surface area contributed by atoms with Crippen molar-refractivity contribution in [3.8, 4) is 0 Å². The Hall–Kier alpha value is -1.25. The molecule has 0 spiro atoms. The molecule has 0 bridgehead atoms. The topological polar surface area (TPSA) is 30.0 Å². The summed E-state index contributed by atoms with van der Waals surface area (Å²) in [6, 6.07) is 3.22. The molecule has 1 aromatic heterocycles. The van der Waals surface area contributed by atoms with E-state index in [1.54, 1.807) is 19.1 Å². The van der Waals surface area contributed by atoms with Gasteiger partial charge in [-0.05, 0) is 12.0 Å². The number of hydrogen-bond acceptors (Lipinski definition) is 2. The van der Waals surface area contributed by atoms with E-state index in [1.165, 1.54) is 0 Å². The zero-order valence-electron chi connectivity index (χ0n) is 8.67. The highest BCUT2D eigenvalue weighted by atomic mass is 19.1. The van der Waals surface area contributed by atoms with E-state index in [2.05, 4.69) is 4.98 Å². The second kappa shape index (κ2) is 4.31. The summed E-state index contributed by atoms with van der Waals surface area (Å²) in [7, 11) is 0. The second-order valence-electron chi connectivity index (χ2n) is 3.51. The zero-order valence-corrected chi connectivity index (χ0v) is 8.67. The van der Waals surface area contributed by atoms with Gasteiger partial charge in [-0.3, -0.25) is 4.79 Å². The van der Waals surface area contributed by atoms with Crippen LogP contribution in [0.25, 0.3) is 0 Å². The third-order valence-corrected chi connectivity index (χ3v) is 2.11. The van der Waals surface area contributed by atoms with E-state index in [0.717, 1.165) is 0 Å². The third kappa shape index (κ3) is 2.16. The van der Waals surface area contributed by atoms with Gasteiger partial charge in [0, 0.05) is 12.0 Å². The Morgan fingerprint density at radius 3 is 2.57 bits per heavy atom. The van der Waals surface area contributed by atoms with Crippen molar-refractivity contribution in [1.29, 1.82) is 0 Å². The van der Waals surface area contributed by atoms with Gasteiger partial charge in [0.15, 0.2) is 5.78 Å². The van der Waals surface area contributed by atoms with Crippen molar-refractivity contribution in [3.63, 3.8) is 0 Å². The van der Waals surface area contributed by atoms with Gasteiger partial charge in [0.2, 0.25) is 5.95 Å². The lowest BCUT2D eigenvalue weighted by molar-refractivity contribution is 0.0982. The monoisotopic (exact) mass is 195 g/mol. The first-order chi connectivity index (χ1) is 6.56. The summed E-state index contributed by atoms with van der Waals surface area (Å²) in [4.78, 5) is 14.9. The molecule has 0 unspecified atom stereocenters. The summed E-state index contributed by atoms with van der Waals surface area (Å²) in [6.07, 6.45) is 0.355. The van der Waals surface area contributed by atoms with E-state index in [0.29, 0.717) is 12.0 Å². The van der Waals surface area contributed by atoms with Crippen molar-refractivity contribution in [2.75, 3.05) is 0 Å². The first-order valence-electron chi connectivity index (χ1n) is 4.76. The lowest BCUT2D eigenvalue weighted by Crippen LogP contribution is -2.05. The zero-order chi connectivity index (χ0) is 10.7. The maximum Gasteiger partial charge on any atom is 0.216 e. The van der Waals surface area contributed by atoms with E-state index in [1.807, 2.05) is 13.8 Å². The van der Waals surface area contributed by atoms with Gasteiger partial charge < -0.3 is 0 Å². The molecule has 0 aliphatic heterocycles. The molecule has 0 aromatic carbocycles. The molecule has 0 atom stereocenters. The fourth-order valence-corrected chi connectivity index (χ4v) is 1.21. The molecule has 0 amide bonds. The summed E-state index contributed by atoms with van der Waals surface area (Å²) >= 11 is 0. The fourth-order valence-electron chi connectivity index (χ4n) is 1.21. The molecule has 0 saturated carbocycles. The highest BCUT2D eigenvalue weighted by Gasteiger charge is 2.11. The Morgan fingerprint density at radius 1 is 1.50 bits per heavy atom. The van der Waals surface area contributed by atoms with E-state index in [-0.39, 0.29) is 17.4 Å². The summed E-state index contributed by atoms with van der Waals surface area (Å²) < 4.78 is 13.3. The number of ketones is 1. The van der Waals surface area contributed by atoms with Crippen LogP contribution in [0, 0.1) is 5.95 Å². The molecule has 1 aromatic rings. The van der Waals surface area contributed by atoms with Gasteiger partial charge in [0.25, 0.3) is 0 Å². The van der Waals surface area contributed by atoms with Crippen LogP contribution in [0.1, 0.15) is 49.2 Å². The molecule has 0 N–H and O–H groups in total. The summed E-state index contributed by atoms with van der Waals surface area (Å²) in [5.41, 5.74) is 0.770. The van der Waals surface area contributed by atoms with Gasteiger partial charge in [-0.2, -0.15) is 4.39 Å². The van der Waals surface area contributed by atoms with E-state index in [4.69, 9.17) is 0 Å². The van der Waals surface area contributed by atoms with Crippen LogP contribution in [0.3, 0.4) is 0 Å². The van der Waals surface area contributed by atoms with Crippen LogP contribution in [0.5, 0.6) is 0 Å². The average molecular weight is 195 g/mol. The molecule has 0 saturated heterocycles. The summed E-state index contributed by atoms with van der Waals surface area (Å²) in [5.74, 6) is -0.563. The fraction of sp³-hybridized carbons (Fsp3) is 0.455. The van der Waals surface area contributed by atoms with Gasteiger partial charge in [-0.25, -0.2) is 4.98 Å². The smallest absolute Gasteiger partial charge is 0.216 e. The quantitative estimate of drug-likeness (QED) is 0.548. The Morgan fingerprint density at radius 2 is 2.14 bits per heavy atom. The maximum atomic E-state index is 13.3. The molecular formula is C11H14FNO. The molecular weight excluding hydrogens is 181 g/mol. The second-order valence-corrected chi connectivity index (χ2v) is 3.51. The van der Waals surface area contributed by atoms with E-state index in [9.17, 15) is 9.18 Å². The summed E-state index contributed by atoms with van der Waals surface area (Å²) in [5, 5.41) is 0. The molecule has 0 fully saturated rings. The largest absolute Gasteiger partial charge is 0.292 e. The Labute approximate surface area is 83.2 Å². The van der Waals surface area contributed by atoms with Crippen LogP contribution in [0.2, 0.25) is 0 Å². The van der Waals surface area contributed by atoms with Crippen LogP contribution in [0.15, 0.2) is 12.1 Å². The maximum absolute atomic E-state index is 13.3. The molecule has 2 nitrogen and oxygen atoms in total. The average Bonchev–Trinajstić information content (AvgIpc) is 2.15. The third-order valence-electron chi connectivity index (χ3n) is 2.11. The molecule has 1 heterocycles. The lowest BCUT2D eigenvalue weighted by Gasteiger charge is -2.06. The van der Waals surface area contributed by atoms with Crippen LogP contribution in [-0.2, 0) is 0 Å². The van der Waals surface area contributed by atoms with E-state index < -0.39 is 5.95 Å². The molecule has 14 heavy (non-hydrogen) atoms. The number of carbonyl (C=O) groups excluding carboxylic acids is 1. The molecule has 1 rings (SSSR count). The van der Waals surface area contributed by atoms with Crippen molar-refractivity contribution < 1.29 is 9.18 Å². The van der Waals surface area contributed by atoms with Gasteiger partial charge in [0.05, 0.1) is 0 Å². The molecule has 0 radical (unpaired) electrons. The number of Topliss-reactive ketones (excluding diaryl/α,β-unsaturated/α-hetero) is 1. The molecule has 76 valence electrons. The van der Waals surface area contributed by atoms with Gasteiger partial charge in [-0.15, -0.1) is 0 Å². The minimum Gasteiger partial charge on any atom is -0.292 e. The Balaban J connectivity index is 3.06. The summed E-state index contributed by atoms with van der Waals surface area (Å²) in [6.45, 7) is 5.51. The normalized spacial score (nSPS) is 10.6. The number of hydrogen-bond donors (Lipinski definition) is 0. The Kier molecular flexibility index (Phi) is 3.33. The van der Waals surface area contributed by atoms with Crippen LogP contribution in [0.4, 0.5) is 4.39 Å². The predicted molar refractivity (Wildman–Crippen MR) is 52.9 cm³/mol. The van der Waals surface area contributed by atoms with Crippen molar-refractivity contribution in [1.82, 2.24) is 4.98 Å². The lowest BCUT2D eigenvalue weighted by atomic mass is 10.0. The number of aromatic nitrogens is 1. The van der Waals surface area contributed by atoms with E-state index >= 15 is 0 Å². The highest BCUT2D eigenvalue weighted by molar-refractivity contribution is 5.93. The SMILES string of the molecule is CCC(=O)c1ccc(C(C)C)c(F)n1. The standard InChI is InChI=1S/C11H14FNO/c1-4-10(14)9-6-5-8(7(2)3)11(12)13-9/h5-7H,4H2,1-3H3. The van der Waals surface area contributed by atoms with Crippen molar-refractivity contribution in [2.24, 2.45) is 0 Å². The number of halogens is 1. The first-order valence-corrected chi connectivity index (χ1v) is 4.76.